The average Bonchev–Trinajstić information content (AvgIpc) is 3.45. The lowest BCUT2D eigenvalue weighted by Gasteiger charge is -2.34. The maximum absolute atomic E-state index is 5.10. The first-order chi connectivity index (χ1) is 20.8. The Labute approximate surface area is 251 Å². The quantitative estimate of drug-likeness (QED) is 0.169. The van der Waals surface area contributed by atoms with Crippen molar-refractivity contribution in [2.45, 2.75) is 10.6 Å². The predicted molar refractivity (Wildman–Crippen MR) is 180 cm³/mol. The highest BCUT2D eigenvalue weighted by molar-refractivity contribution is 7.98. The molecule has 0 unspecified atom stereocenters. The van der Waals surface area contributed by atoms with Gasteiger partial charge in [-0.3, -0.25) is 4.57 Å². The zero-order chi connectivity index (χ0) is 27.9. The molecule has 0 saturated carbocycles. The fourth-order valence-corrected chi connectivity index (χ4v) is 12.3. The van der Waals surface area contributed by atoms with Crippen LogP contribution >= 0.6 is 11.8 Å². The highest BCUT2D eigenvalue weighted by atomic mass is 32.2. The summed E-state index contributed by atoms with van der Waals surface area (Å²) in [5.74, 6) is 2.00. The van der Waals surface area contributed by atoms with Gasteiger partial charge in [0.15, 0.2) is 8.07 Å². The van der Waals surface area contributed by atoms with Crippen LogP contribution < -0.4 is 20.7 Å². The summed E-state index contributed by atoms with van der Waals surface area (Å²) in [5.41, 5.74) is 5.85. The van der Waals surface area contributed by atoms with E-state index in [2.05, 4.69) is 162 Å². The summed E-state index contributed by atoms with van der Waals surface area (Å²) in [6.45, 7) is 0. The molecule has 200 valence electrons. The number of benzene rings is 6. The zero-order valence-electron chi connectivity index (χ0n) is 23.0. The Morgan fingerprint density at radius 1 is 0.524 bits per heavy atom. The molecular weight excluding hydrogens is 545 g/mol. The lowest BCUT2D eigenvalue weighted by atomic mass is 10.1. The summed E-state index contributed by atoms with van der Waals surface area (Å²) in [6.07, 6.45) is 0. The maximum Gasteiger partial charge on any atom is 0.179 e. The van der Waals surface area contributed by atoms with Crippen molar-refractivity contribution in [1.29, 1.82) is 0 Å². The Morgan fingerprint density at radius 2 is 1.10 bits per heavy atom. The fraction of sp³-hybridized carbons (Fsp3) is 0.0263. The van der Waals surface area contributed by atoms with Crippen molar-refractivity contribution in [2.24, 2.45) is 0 Å². The van der Waals surface area contributed by atoms with Crippen LogP contribution in [0.25, 0.3) is 27.8 Å². The minimum atomic E-state index is -2.59. The lowest BCUT2D eigenvalue weighted by Crippen LogP contribution is -2.74. The van der Waals surface area contributed by atoms with Crippen LogP contribution in [0.15, 0.2) is 163 Å². The minimum Gasteiger partial charge on any atom is -0.294 e. The van der Waals surface area contributed by atoms with Crippen molar-refractivity contribution in [3.63, 3.8) is 0 Å². The number of rotatable bonds is 5. The predicted octanol–water partition coefficient (Wildman–Crippen LogP) is 6.68. The second-order valence-corrected chi connectivity index (χ2v) is 15.6. The molecule has 42 heavy (non-hydrogen) atoms. The van der Waals surface area contributed by atoms with E-state index in [1.807, 2.05) is 11.8 Å². The SMILES string of the molecule is c1ccc([Si](c2ccccc2)(c2ccccc2)c2cccc(-c3ccc4c(c3)nc3n4-c4ccccc4SC3)c2)cc1. The number of aromatic nitrogens is 2. The number of nitrogens with zero attached hydrogens (tertiary/aromatic N) is 2. The average molecular weight is 573 g/mol. The Bertz CT molecular complexity index is 1940. The van der Waals surface area contributed by atoms with Crippen LogP contribution in [0.1, 0.15) is 5.82 Å². The van der Waals surface area contributed by atoms with Crippen molar-refractivity contribution in [1.82, 2.24) is 9.55 Å². The van der Waals surface area contributed by atoms with Crippen LogP contribution in [0, 0.1) is 0 Å². The van der Waals surface area contributed by atoms with Crippen LogP contribution in [0.3, 0.4) is 0 Å². The molecule has 2 nitrogen and oxygen atoms in total. The standard InChI is InChI=1S/C38H28N2SSi/c1-4-14-30(15-5-1)42(31-16-6-2-7-17-31,32-18-8-3-9-19-32)33-20-12-13-28(25-33)29-23-24-35-34(26-29)39-38-27-41-37-22-11-10-21-36(37)40(35)38/h1-26H,27H2. The van der Waals surface area contributed by atoms with Gasteiger partial charge in [-0.25, -0.2) is 4.98 Å². The molecule has 0 aliphatic carbocycles. The molecule has 8 rings (SSSR count). The van der Waals surface area contributed by atoms with Crippen molar-refractivity contribution in [2.75, 3.05) is 0 Å². The fourth-order valence-electron chi connectivity index (χ4n) is 6.58. The highest BCUT2D eigenvalue weighted by Gasteiger charge is 2.41. The number of thioether (sulfide) groups is 1. The monoisotopic (exact) mass is 572 g/mol. The molecule has 7 aromatic rings. The number of para-hydroxylation sites is 1. The topological polar surface area (TPSA) is 17.8 Å². The third-order valence-corrected chi connectivity index (χ3v) is 14.3. The van der Waals surface area contributed by atoms with Gasteiger partial charge in [0.1, 0.15) is 5.82 Å². The van der Waals surface area contributed by atoms with Crippen LogP contribution in [-0.4, -0.2) is 17.6 Å². The summed E-state index contributed by atoms with van der Waals surface area (Å²) in [6, 6.07) is 58.0. The maximum atomic E-state index is 5.10. The molecule has 1 aliphatic rings. The number of hydrogen-bond donors (Lipinski definition) is 0. The van der Waals surface area contributed by atoms with Gasteiger partial charge in [0, 0.05) is 4.90 Å². The zero-order valence-corrected chi connectivity index (χ0v) is 24.8. The molecule has 0 radical (unpaired) electrons. The third kappa shape index (κ3) is 3.98. The number of fused-ring (bicyclic) bond motifs is 5. The first-order valence-electron chi connectivity index (χ1n) is 14.3. The number of imidazole rings is 1. The van der Waals surface area contributed by atoms with E-state index in [4.69, 9.17) is 4.98 Å². The molecule has 4 heteroatoms. The first-order valence-corrected chi connectivity index (χ1v) is 17.3. The summed E-state index contributed by atoms with van der Waals surface area (Å²) in [7, 11) is -2.59. The summed E-state index contributed by atoms with van der Waals surface area (Å²) < 4.78 is 2.33. The van der Waals surface area contributed by atoms with Gasteiger partial charge in [0.05, 0.1) is 22.5 Å². The number of hydrogen-bond acceptors (Lipinski definition) is 2. The van der Waals surface area contributed by atoms with E-state index < -0.39 is 8.07 Å². The van der Waals surface area contributed by atoms with E-state index in [1.54, 1.807) is 0 Å². The van der Waals surface area contributed by atoms with Gasteiger partial charge < -0.3 is 0 Å². The molecule has 0 saturated heterocycles. The summed E-state index contributed by atoms with van der Waals surface area (Å²) in [4.78, 5) is 6.41. The molecule has 0 spiro atoms. The van der Waals surface area contributed by atoms with Gasteiger partial charge in [0.25, 0.3) is 0 Å². The Hall–Kier alpha value is -4.64. The van der Waals surface area contributed by atoms with Crippen LogP contribution in [0.2, 0.25) is 0 Å². The van der Waals surface area contributed by atoms with Gasteiger partial charge in [-0.2, -0.15) is 0 Å². The van der Waals surface area contributed by atoms with Crippen LogP contribution in [0.4, 0.5) is 0 Å². The van der Waals surface area contributed by atoms with Crippen molar-refractivity contribution >= 4 is 51.6 Å². The molecule has 0 amide bonds. The largest absolute Gasteiger partial charge is 0.294 e. The van der Waals surface area contributed by atoms with Gasteiger partial charge in [-0.15, -0.1) is 11.8 Å². The molecule has 0 bridgehead atoms. The van der Waals surface area contributed by atoms with E-state index >= 15 is 0 Å². The van der Waals surface area contributed by atoms with E-state index in [0.717, 1.165) is 17.1 Å². The minimum absolute atomic E-state index is 0.885. The van der Waals surface area contributed by atoms with Gasteiger partial charge in [-0.1, -0.05) is 133 Å². The summed E-state index contributed by atoms with van der Waals surface area (Å²) >= 11 is 1.87. The van der Waals surface area contributed by atoms with Gasteiger partial charge in [-0.05, 0) is 56.1 Å². The molecule has 1 aromatic heterocycles. The van der Waals surface area contributed by atoms with E-state index in [-0.39, 0.29) is 0 Å². The van der Waals surface area contributed by atoms with E-state index in [9.17, 15) is 0 Å². The van der Waals surface area contributed by atoms with E-state index in [0.29, 0.717) is 0 Å². The van der Waals surface area contributed by atoms with Crippen molar-refractivity contribution in [3.8, 4) is 16.8 Å². The Balaban J connectivity index is 1.32. The van der Waals surface area contributed by atoms with Crippen LogP contribution in [0.5, 0.6) is 0 Å². The smallest absolute Gasteiger partial charge is 0.179 e. The lowest BCUT2D eigenvalue weighted by molar-refractivity contribution is 0.945. The Morgan fingerprint density at radius 3 is 1.76 bits per heavy atom. The first kappa shape index (κ1) is 25.1. The highest BCUT2D eigenvalue weighted by Crippen LogP contribution is 2.38. The Kier molecular flexibility index (Phi) is 6.17. The molecule has 1 aliphatic heterocycles. The molecule has 0 atom stereocenters. The molecular formula is C38H28N2SSi. The second-order valence-electron chi connectivity index (χ2n) is 10.8. The molecule has 2 heterocycles. The van der Waals surface area contributed by atoms with Gasteiger partial charge in [0.2, 0.25) is 0 Å². The molecule has 6 aromatic carbocycles. The van der Waals surface area contributed by atoms with E-state index in [1.165, 1.54) is 48.0 Å². The van der Waals surface area contributed by atoms with Gasteiger partial charge >= 0.3 is 0 Å². The molecule has 0 fully saturated rings. The normalized spacial score (nSPS) is 12.6. The van der Waals surface area contributed by atoms with Crippen molar-refractivity contribution in [3.05, 3.63) is 164 Å². The molecule has 0 N–H and O–H groups in total. The summed E-state index contributed by atoms with van der Waals surface area (Å²) in [5, 5.41) is 5.52. The van der Waals surface area contributed by atoms with Crippen molar-refractivity contribution < 1.29 is 0 Å². The third-order valence-electron chi connectivity index (χ3n) is 8.44. The van der Waals surface area contributed by atoms with Crippen LogP contribution in [-0.2, 0) is 5.75 Å². The second kappa shape index (κ2) is 10.3.